The van der Waals surface area contributed by atoms with Crippen LogP contribution in [0, 0.1) is 0 Å². The molecule has 126 valence electrons. The van der Waals surface area contributed by atoms with Gasteiger partial charge in [0.25, 0.3) is 0 Å². The lowest BCUT2D eigenvalue weighted by Gasteiger charge is -2.10. The lowest BCUT2D eigenvalue weighted by atomic mass is 10.0. The van der Waals surface area contributed by atoms with Crippen molar-refractivity contribution >= 4 is 22.7 Å². The Morgan fingerprint density at radius 1 is 1.04 bits per heavy atom. The molecule has 0 fully saturated rings. The molecule has 0 atom stereocenters. The molecule has 25 heavy (non-hydrogen) atoms. The maximum absolute atomic E-state index is 12.5. The van der Waals surface area contributed by atoms with Crippen LogP contribution < -0.4 is 10.4 Å². The molecule has 1 heterocycles. The fraction of sp³-hybridized carbons (Fsp3) is 0.105. The van der Waals surface area contributed by atoms with Gasteiger partial charge in [0.15, 0.2) is 0 Å². The Labute approximate surface area is 142 Å². The monoisotopic (exact) mass is 338 g/mol. The molecule has 0 saturated heterocycles. The minimum atomic E-state index is -0.790. The van der Waals surface area contributed by atoms with E-state index in [0.29, 0.717) is 11.1 Å². The highest BCUT2D eigenvalue weighted by Gasteiger charge is 2.22. The molecule has 1 aromatic heterocycles. The molecule has 0 aliphatic carbocycles. The Morgan fingerprint density at radius 2 is 1.76 bits per heavy atom. The van der Waals surface area contributed by atoms with Gasteiger partial charge in [0.2, 0.25) is 0 Å². The molecule has 2 aromatic carbocycles. The third-order valence-corrected chi connectivity index (χ3v) is 3.59. The van der Waals surface area contributed by atoms with Gasteiger partial charge in [-0.15, -0.1) is 0 Å². The predicted molar refractivity (Wildman–Crippen MR) is 90.6 cm³/mol. The number of ether oxygens (including phenoxy) is 2. The minimum Gasteiger partial charge on any atom is -0.465 e. The molecule has 0 spiro atoms. The second kappa shape index (κ2) is 6.60. The van der Waals surface area contributed by atoms with Gasteiger partial charge >= 0.3 is 17.6 Å². The summed E-state index contributed by atoms with van der Waals surface area (Å²) in [5.41, 5.74) is -0.125. The summed E-state index contributed by atoms with van der Waals surface area (Å²) in [7, 11) is 1.18. The van der Waals surface area contributed by atoms with Crippen LogP contribution in [0.2, 0.25) is 0 Å². The zero-order valence-corrected chi connectivity index (χ0v) is 13.6. The first-order valence-corrected chi connectivity index (χ1v) is 7.44. The highest BCUT2D eigenvalue weighted by Crippen LogP contribution is 2.29. The van der Waals surface area contributed by atoms with E-state index in [9.17, 15) is 14.4 Å². The van der Waals surface area contributed by atoms with Crippen molar-refractivity contribution in [2.45, 2.75) is 6.92 Å². The molecule has 6 heteroatoms. The SMILES string of the molecule is COC(=O)c1c(OC(C)=O)ccc2cc(-c3ccccc3)oc(=O)c12. The number of carbonyl (C=O) groups excluding carboxylic acids is 2. The van der Waals surface area contributed by atoms with Gasteiger partial charge < -0.3 is 13.9 Å². The van der Waals surface area contributed by atoms with E-state index in [2.05, 4.69) is 0 Å². The van der Waals surface area contributed by atoms with E-state index in [0.717, 1.165) is 5.56 Å². The average molecular weight is 338 g/mol. The Hall–Kier alpha value is -3.41. The highest BCUT2D eigenvalue weighted by molar-refractivity contribution is 6.07. The summed E-state index contributed by atoms with van der Waals surface area (Å²) < 4.78 is 15.1. The van der Waals surface area contributed by atoms with E-state index in [1.165, 1.54) is 20.1 Å². The minimum absolute atomic E-state index is 0.00489. The van der Waals surface area contributed by atoms with Crippen molar-refractivity contribution in [3.05, 3.63) is 64.5 Å². The summed E-state index contributed by atoms with van der Waals surface area (Å²) in [6.45, 7) is 1.20. The van der Waals surface area contributed by atoms with E-state index >= 15 is 0 Å². The van der Waals surface area contributed by atoms with Gasteiger partial charge in [-0.2, -0.15) is 0 Å². The topological polar surface area (TPSA) is 82.8 Å². The van der Waals surface area contributed by atoms with Crippen molar-refractivity contribution in [3.63, 3.8) is 0 Å². The molecule has 0 saturated carbocycles. The van der Waals surface area contributed by atoms with E-state index in [4.69, 9.17) is 13.9 Å². The number of hydrogen-bond acceptors (Lipinski definition) is 6. The molecule has 0 radical (unpaired) electrons. The van der Waals surface area contributed by atoms with Crippen molar-refractivity contribution in [1.29, 1.82) is 0 Å². The van der Waals surface area contributed by atoms with Crippen molar-refractivity contribution in [3.8, 4) is 17.1 Å². The van der Waals surface area contributed by atoms with E-state index < -0.39 is 17.6 Å². The van der Waals surface area contributed by atoms with Crippen molar-refractivity contribution < 1.29 is 23.5 Å². The maximum Gasteiger partial charge on any atom is 0.345 e. The van der Waals surface area contributed by atoms with Crippen LogP contribution in [-0.2, 0) is 9.53 Å². The molecule has 0 aliphatic heterocycles. The fourth-order valence-electron chi connectivity index (χ4n) is 2.55. The average Bonchev–Trinajstić information content (AvgIpc) is 2.61. The first-order valence-electron chi connectivity index (χ1n) is 7.44. The summed E-state index contributed by atoms with van der Waals surface area (Å²) >= 11 is 0. The molecule has 0 aliphatic rings. The third kappa shape index (κ3) is 3.14. The summed E-state index contributed by atoms with van der Waals surface area (Å²) in [6.07, 6.45) is 0. The summed E-state index contributed by atoms with van der Waals surface area (Å²) in [5.74, 6) is -1.09. The van der Waals surface area contributed by atoms with Crippen LogP contribution in [0.3, 0.4) is 0 Å². The van der Waals surface area contributed by atoms with Crippen LogP contribution in [-0.4, -0.2) is 19.0 Å². The van der Waals surface area contributed by atoms with E-state index in [-0.39, 0.29) is 16.7 Å². The Bertz CT molecular complexity index is 1020. The van der Waals surface area contributed by atoms with Crippen LogP contribution in [0.1, 0.15) is 17.3 Å². The molecule has 0 N–H and O–H groups in total. The van der Waals surface area contributed by atoms with E-state index in [1.54, 1.807) is 24.3 Å². The maximum atomic E-state index is 12.5. The number of benzene rings is 2. The number of fused-ring (bicyclic) bond motifs is 1. The predicted octanol–water partition coefficient (Wildman–Crippen LogP) is 3.17. The summed E-state index contributed by atoms with van der Waals surface area (Å²) in [6, 6.07) is 13.8. The normalized spacial score (nSPS) is 10.5. The number of hydrogen-bond donors (Lipinski definition) is 0. The van der Waals surface area contributed by atoms with Crippen LogP contribution in [0.15, 0.2) is 57.7 Å². The first-order chi connectivity index (χ1) is 12.0. The second-order valence-electron chi connectivity index (χ2n) is 5.25. The molecule has 0 unspecified atom stereocenters. The quantitative estimate of drug-likeness (QED) is 0.539. The largest absolute Gasteiger partial charge is 0.465 e. The third-order valence-electron chi connectivity index (χ3n) is 3.59. The lowest BCUT2D eigenvalue weighted by Crippen LogP contribution is -2.13. The zero-order chi connectivity index (χ0) is 18.0. The molecular formula is C19H14O6. The molecular weight excluding hydrogens is 324 g/mol. The van der Waals surface area contributed by atoms with Crippen molar-refractivity contribution in [2.75, 3.05) is 7.11 Å². The first kappa shape index (κ1) is 16.4. The second-order valence-corrected chi connectivity index (χ2v) is 5.25. The standard InChI is InChI=1S/C19H14O6/c1-11(20)24-14-9-8-13-10-15(12-6-4-3-5-7-12)25-19(22)16(13)17(14)18(21)23-2/h3-10H,1-2H3. The van der Waals surface area contributed by atoms with Gasteiger partial charge in [-0.3, -0.25) is 4.79 Å². The number of carbonyl (C=O) groups is 2. The fourth-order valence-corrected chi connectivity index (χ4v) is 2.55. The number of rotatable bonds is 3. The van der Waals surface area contributed by atoms with Gasteiger partial charge in [-0.25, -0.2) is 9.59 Å². The van der Waals surface area contributed by atoms with Crippen LogP contribution >= 0.6 is 0 Å². The van der Waals surface area contributed by atoms with E-state index in [1.807, 2.05) is 18.2 Å². The molecule has 0 amide bonds. The summed E-state index contributed by atoms with van der Waals surface area (Å²) in [4.78, 5) is 35.9. The Kier molecular flexibility index (Phi) is 4.35. The van der Waals surface area contributed by atoms with Gasteiger partial charge in [0, 0.05) is 12.5 Å². The van der Waals surface area contributed by atoms with Gasteiger partial charge in [-0.1, -0.05) is 36.4 Å². The number of esters is 2. The van der Waals surface area contributed by atoms with Gasteiger partial charge in [0.1, 0.15) is 17.1 Å². The Morgan fingerprint density at radius 3 is 2.40 bits per heavy atom. The lowest BCUT2D eigenvalue weighted by molar-refractivity contribution is -0.131. The Balaban J connectivity index is 2.30. The number of methoxy groups -OCH3 is 1. The van der Waals surface area contributed by atoms with Gasteiger partial charge in [-0.05, 0) is 17.5 Å². The van der Waals surface area contributed by atoms with Crippen LogP contribution in [0.5, 0.6) is 5.75 Å². The zero-order valence-electron chi connectivity index (χ0n) is 13.6. The molecule has 3 aromatic rings. The van der Waals surface area contributed by atoms with Crippen LogP contribution in [0.25, 0.3) is 22.1 Å². The molecule has 0 bridgehead atoms. The molecule has 3 rings (SSSR count). The van der Waals surface area contributed by atoms with Crippen LogP contribution in [0.4, 0.5) is 0 Å². The summed E-state index contributed by atoms with van der Waals surface area (Å²) in [5, 5.41) is 0.483. The van der Waals surface area contributed by atoms with Crippen molar-refractivity contribution in [1.82, 2.24) is 0 Å². The highest BCUT2D eigenvalue weighted by atomic mass is 16.5. The smallest absolute Gasteiger partial charge is 0.345 e. The van der Waals surface area contributed by atoms with Gasteiger partial charge in [0.05, 0.1) is 12.5 Å². The molecule has 6 nitrogen and oxygen atoms in total. The van der Waals surface area contributed by atoms with Crippen molar-refractivity contribution in [2.24, 2.45) is 0 Å².